The van der Waals surface area contributed by atoms with Crippen molar-refractivity contribution in [1.29, 1.82) is 0 Å². The van der Waals surface area contributed by atoms with E-state index in [4.69, 9.17) is 11.6 Å². The van der Waals surface area contributed by atoms with E-state index in [1.54, 1.807) is 11.0 Å². The maximum atomic E-state index is 14.1. The molecule has 1 aromatic carbocycles. The molecule has 2 aliphatic heterocycles. The third-order valence-electron chi connectivity index (χ3n) is 5.48. The van der Waals surface area contributed by atoms with Crippen LogP contribution in [0.3, 0.4) is 0 Å². The van der Waals surface area contributed by atoms with Gasteiger partial charge in [0.05, 0.1) is 17.2 Å². The number of rotatable bonds is 2. The lowest BCUT2D eigenvalue weighted by Gasteiger charge is -2.53. The standard InChI is InChI=1S/C17H22ClFN2O2/c1-20-8-3-6-17(11-22)7-9-21(10-14(17)20)16(23)12-4-2-5-13(18)15(12)19/h2,4-5,14,22H,3,6-11H2,1H3/t14-,17-/m1/s1. The number of aliphatic hydroxyl groups excluding tert-OH is 1. The Morgan fingerprint density at radius 2 is 2.22 bits per heavy atom. The number of fused-ring (bicyclic) bond motifs is 1. The van der Waals surface area contributed by atoms with Crippen molar-refractivity contribution < 1.29 is 14.3 Å². The summed E-state index contributed by atoms with van der Waals surface area (Å²) in [4.78, 5) is 16.6. The molecule has 3 rings (SSSR count). The average Bonchev–Trinajstić information content (AvgIpc) is 2.57. The van der Waals surface area contributed by atoms with Gasteiger partial charge in [0.15, 0.2) is 5.82 Å². The fourth-order valence-electron chi connectivity index (χ4n) is 4.04. The lowest BCUT2D eigenvalue weighted by Crippen LogP contribution is -2.62. The van der Waals surface area contributed by atoms with Gasteiger partial charge in [-0.05, 0) is 45.0 Å². The first kappa shape index (κ1) is 16.7. The first-order chi connectivity index (χ1) is 11.0. The van der Waals surface area contributed by atoms with Gasteiger partial charge >= 0.3 is 0 Å². The zero-order valence-corrected chi connectivity index (χ0v) is 14.0. The molecule has 2 saturated heterocycles. The molecule has 2 aliphatic rings. The molecule has 1 aromatic rings. The van der Waals surface area contributed by atoms with E-state index in [9.17, 15) is 14.3 Å². The first-order valence-electron chi connectivity index (χ1n) is 8.03. The van der Waals surface area contributed by atoms with Crippen LogP contribution in [0.2, 0.25) is 5.02 Å². The lowest BCUT2D eigenvalue weighted by atomic mass is 9.69. The molecule has 1 N–H and O–H groups in total. The number of hydrogen-bond donors (Lipinski definition) is 1. The summed E-state index contributed by atoms with van der Waals surface area (Å²) in [5.74, 6) is -0.981. The molecule has 0 bridgehead atoms. The Morgan fingerprint density at radius 1 is 1.43 bits per heavy atom. The number of halogens is 2. The number of piperidine rings is 2. The maximum absolute atomic E-state index is 14.1. The number of amides is 1. The van der Waals surface area contributed by atoms with Crippen LogP contribution >= 0.6 is 11.6 Å². The monoisotopic (exact) mass is 340 g/mol. The van der Waals surface area contributed by atoms with Crippen molar-refractivity contribution in [2.75, 3.05) is 33.3 Å². The molecule has 2 heterocycles. The Balaban J connectivity index is 1.83. The molecule has 23 heavy (non-hydrogen) atoms. The Bertz CT molecular complexity index is 612. The molecular weight excluding hydrogens is 319 g/mol. The lowest BCUT2D eigenvalue weighted by molar-refractivity contribution is -0.0601. The normalized spacial score (nSPS) is 28.5. The van der Waals surface area contributed by atoms with Crippen LogP contribution < -0.4 is 0 Å². The Morgan fingerprint density at radius 3 is 2.96 bits per heavy atom. The molecule has 0 aromatic heterocycles. The van der Waals surface area contributed by atoms with Gasteiger partial charge in [-0.15, -0.1) is 0 Å². The Hall–Kier alpha value is -1.17. The van der Waals surface area contributed by atoms with E-state index < -0.39 is 5.82 Å². The van der Waals surface area contributed by atoms with Crippen molar-refractivity contribution in [2.24, 2.45) is 5.41 Å². The minimum atomic E-state index is -0.657. The molecule has 2 atom stereocenters. The van der Waals surface area contributed by atoms with Crippen LogP contribution in [-0.2, 0) is 0 Å². The van der Waals surface area contributed by atoms with Gasteiger partial charge in [0, 0.05) is 24.5 Å². The number of nitrogens with zero attached hydrogens (tertiary/aromatic N) is 2. The summed E-state index contributed by atoms with van der Waals surface area (Å²) in [5.41, 5.74) is -0.121. The molecule has 0 spiro atoms. The second-order valence-electron chi connectivity index (χ2n) is 6.72. The van der Waals surface area contributed by atoms with E-state index in [-0.39, 0.29) is 34.6 Å². The van der Waals surface area contributed by atoms with Crippen LogP contribution in [0.15, 0.2) is 18.2 Å². The number of likely N-dealkylation sites (tertiary alicyclic amines) is 2. The molecule has 6 heteroatoms. The second kappa shape index (κ2) is 6.38. The van der Waals surface area contributed by atoms with Crippen LogP contribution in [0.4, 0.5) is 4.39 Å². The van der Waals surface area contributed by atoms with Gasteiger partial charge in [-0.1, -0.05) is 17.7 Å². The number of aliphatic hydroxyl groups is 1. The quantitative estimate of drug-likeness (QED) is 0.899. The van der Waals surface area contributed by atoms with Crippen LogP contribution in [-0.4, -0.2) is 60.1 Å². The summed E-state index contributed by atoms with van der Waals surface area (Å²) in [7, 11) is 2.03. The van der Waals surface area contributed by atoms with Gasteiger partial charge in [0.25, 0.3) is 5.91 Å². The highest BCUT2D eigenvalue weighted by Crippen LogP contribution is 2.41. The summed E-state index contributed by atoms with van der Waals surface area (Å²) in [6.45, 7) is 2.15. The van der Waals surface area contributed by atoms with Crippen LogP contribution in [0.1, 0.15) is 29.6 Å². The van der Waals surface area contributed by atoms with Crippen molar-refractivity contribution in [3.63, 3.8) is 0 Å². The fourth-order valence-corrected chi connectivity index (χ4v) is 4.21. The van der Waals surface area contributed by atoms with Crippen molar-refractivity contribution in [3.05, 3.63) is 34.6 Å². The van der Waals surface area contributed by atoms with E-state index in [0.717, 1.165) is 25.8 Å². The van der Waals surface area contributed by atoms with E-state index >= 15 is 0 Å². The van der Waals surface area contributed by atoms with Gasteiger partial charge in [0.2, 0.25) is 0 Å². The predicted molar refractivity (Wildman–Crippen MR) is 87.1 cm³/mol. The molecule has 0 unspecified atom stereocenters. The summed E-state index contributed by atoms with van der Waals surface area (Å²) in [6.07, 6.45) is 2.78. The highest BCUT2D eigenvalue weighted by atomic mass is 35.5. The number of likely N-dealkylation sites (N-methyl/N-ethyl adjacent to an activating group) is 1. The van der Waals surface area contributed by atoms with E-state index in [2.05, 4.69) is 4.90 Å². The molecule has 4 nitrogen and oxygen atoms in total. The predicted octanol–water partition coefficient (Wildman–Crippen LogP) is 2.40. The van der Waals surface area contributed by atoms with Crippen LogP contribution in [0.5, 0.6) is 0 Å². The molecule has 0 radical (unpaired) electrons. The largest absolute Gasteiger partial charge is 0.396 e. The third kappa shape index (κ3) is 2.86. The first-order valence-corrected chi connectivity index (χ1v) is 8.41. The third-order valence-corrected chi connectivity index (χ3v) is 5.77. The zero-order chi connectivity index (χ0) is 16.6. The summed E-state index contributed by atoms with van der Waals surface area (Å²) in [5, 5.41) is 9.87. The topological polar surface area (TPSA) is 43.8 Å². The number of hydrogen-bond acceptors (Lipinski definition) is 3. The van der Waals surface area contributed by atoms with E-state index in [1.165, 1.54) is 12.1 Å². The van der Waals surface area contributed by atoms with Gasteiger partial charge < -0.3 is 14.9 Å². The van der Waals surface area contributed by atoms with Crippen molar-refractivity contribution in [3.8, 4) is 0 Å². The summed E-state index contributed by atoms with van der Waals surface area (Å²) < 4.78 is 14.1. The molecule has 126 valence electrons. The molecule has 0 saturated carbocycles. The molecule has 2 fully saturated rings. The Kier molecular flexibility index (Phi) is 4.63. The van der Waals surface area contributed by atoms with Gasteiger partial charge in [-0.3, -0.25) is 4.79 Å². The van der Waals surface area contributed by atoms with Crippen LogP contribution in [0, 0.1) is 11.2 Å². The fraction of sp³-hybridized carbons (Fsp3) is 0.588. The second-order valence-corrected chi connectivity index (χ2v) is 7.13. The summed E-state index contributed by atoms with van der Waals surface area (Å²) >= 11 is 5.79. The van der Waals surface area contributed by atoms with Gasteiger partial charge in [-0.25, -0.2) is 4.39 Å². The highest BCUT2D eigenvalue weighted by molar-refractivity contribution is 6.31. The van der Waals surface area contributed by atoms with E-state index in [0.29, 0.717) is 13.1 Å². The summed E-state index contributed by atoms with van der Waals surface area (Å²) in [6, 6.07) is 4.62. The zero-order valence-electron chi connectivity index (χ0n) is 13.3. The Labute approximate surface area is 140 Å². The molecule has 0 aliphatic carbocycles. The maximum Gasteiger partial charge on any atom is 0.256 e. The molecular formula is C17H22ClFN2O2. The number of carbonyl (C=O) groups excluding carboxylic acids is 1. The van der Waals surface area contributed by atoms with Crippen LogP contribution in [0.25, 0.3) is 0 Å². The minimum Gasteiger partial charge on any atom is -0.396 e. The smallest absolute Gasteiger partial charge is 0.256 e. The average molecular weight is 341 g/mol. The number of carbonyl (C=O) groups is 1. The molecule has 1 amide bonds. The van der Waals surface area contributed by atoms with Crippen molar-refractivity contribution in [1.82, 2.24) is 9.80 Å². The minimum absolute atomic E-state index is 0.0208. The van der Waals surface area contributed by atoms with Crippen molar-refractivity contribution >= 4 is 17.5 Å². The number of benzene rings is 1. The van der Waals surface area contributed by atoms with Gasteiger partial charge in [0.1, 0.15) is 0 Å². The SMILES string of the molecule is CN1CCC[C@]2(CO)CCN(C(=O)c3cccc(Cl)c3F)C[C@@H]12. The van der Waals surface area contributed by atoms with Gasteiger partial charge in [-0.2, -0.15) is 0 Å². The van der Waals surface area contributed by atoms with E-state index in [1.807, 2.05) is 7.05 Å². The highest BCUT2D eigenvalue weighted by Gasteiger charge is 2.47. The van der Waals surface area contributed by atoms with Crippen molar-refractivity contribution in [2.45, 2.75) is 25.3 Å².